The minimum absolute atomic E-state index is 0.0281. The number of benzene rings is 2. The second kappa shape index (κ2) is 5.53. The van der Waals surface area contributed by atoms with Crippen LogP contribution in [0.15, 0.2) is 54.7 Å². The summed E-state index contributed by atoms with van der Waals surface area (Å²) in [5, 5.41) is 22.0. The minimum atomic E-state index is -0.622. The Balaban J connectivity index is 1.75. The van der Waals surface area contributed by atoms with E-state index < -0.39 is 5.82 Å². The van der Waals surface area contributed by atoms with E-state index in [0.29, 0.717) is 6.54 Å². The van der Waals surface area contributed by atoms with E-state index in [1.165, 1.54) is 12.1 Å². The van der Waals surface area contributed by atoms with Crippen molar-refractivity contribution in [2.75, 3.05) is 11.9 Å². The molecule has 3 aromatic rings. The summed E-state index contributed by atoms with van der Waals surface area (Å²) in [5.74, 6) is 0.00662. The first-order valence-corrected chi connectivity index (χ1v) is 7.63. The number of nitrogens with zero attached hydrogens (tertiary/aromatic N) is 1. The number of pyridine rings is 1. The van der Waals surface area contributed by atoms with E-state index in [2.05, 4.69) is 10.3 Å². The van der Waals surface area contributed by atoms with Crippen LogP contribution in [0.5, 0.6) is 11.5 Å². The SMILES string of the molecule is Oc1ccc(-c2cnc3c(c2)C(c2ccc(O)c(F)c2)CN3)cc1. The van der Waals surface area contributed by atoms with Gasteiger partial charge in [0.2, 0.25) is 0 Å². The van der Waals surface area contributed by atoms with Gasteiger partial charge in [-0.25, -0.2) is 9.37 Å². The zero-order chi connectivity index (χ0) is 16.7. The number of phenolic OH excluding ortho intramolecular Hbond substituents is 2. The van der Waals surface area contributed by atoms with Crippen molar-refractivity contribution in [2.45, 2.75) is 5.92 Å². The summed E-state index contributed by atoms with van der Waals surface area (Å²) in [6.45, 7) is 0.631. The standard InChI is InChI=1S/C19H15FN2O2/c20-17-8-12(3-6-18(17)24)16-10-22-19-15(16)7-13(9-21-19)11-1-4-14(23)5-2-11/h1-9,16,23-24H,10H2,(H,21,22). The molecule has 120 valence electrons. The normalized spacial score (nSPS) is 15.8. The van der Waals surface area contributed by atoms with E-state index in [-0.39, 0.29) is 17.4 Å². The van der Waals surface area contributed by atoms with E-state index in [4.69, 9.17) is 0 Å². The van der Waals surface area contributed by atoms with Crippen LogP contribution in [0.3, 0.4) is 0 Å². The zero-order valence-corrected chi connectivity index (χ0v) is 12.7. The van der Waals surface area contributed by atoms with E-state index in [1.807, 2.05) is 18.2 Å². The molecular weight excluding hydrogens is 307 g/mol. The van der Waals surface area contributed by atoms with Crippen molar-refractivity contribution in [3.63, 3.8) is 0 Å². The highest BCUT2D eigenvalue weighted by molar-refractivity contribution is 5.69. The Labute approximate surface area is 138 Å². The van der Waals surface area contributed by atoms with Crippen LogP contribution in [-0.4, -0.2) is 21.7 Å². The first-order chi connectivity index (χ1) is 11.6. The second-order valence-corrected chi connectivity index (χ2v) is 5.85. The maximum absolute atomic E-state index is 13.7. The number of hydrogen-bond donors (Lipinski definition) is 3. The summed E-state index contributed by atoms with van der Waals surface area (Å²) in [6, 6.07) is 13.4. The minimum Gasteiger partial charge on any atom is -0.508 e. The predicted octanol–water partition coefficient (Wildman–Crippen LogP) is 3.86. The first-order valence-electron chi connectivity index (χ1n) is 7.63. The van der Waals surface area contributed by atoms with Crippen molar-refractivity contribution in [3.8, 4) is 22.6 Å². The Morgan fingerprint density at radius 1 is 1.00 bits per heavy atom. The summed E-state index contributed by atoms with van der Waals surface area (Å²) < 4.78 is 13.7. The Kier molecular flexibility index (Phi) is 3.34. The maximum Gasteiger partial charge on any atom is 0.165 e. The first kappa shape index (κ1) is 14.5. The molecule has 1 unspecified atom stereocenters. The van der Waals surface area contributed by atoms with Crippen LogP contribution < -0.4 is 5.32 Å². The van der Waals surface area contributed by atoms with Gasteiger partial charge in [0.1, 0.15) is 11.6 Å². The topological polar surface area (TPSA) is 65.4 Å². The third-order valence-corrected chi connectivity index (χ3v) is 4.34. The van der Waals surface area contributed by atoms with Crippen molar-refractivity contribution in [1.82, 2.24) is 4.98 Å². The molecule has 1 aliphatic heterocycles. The van der Waals surface area contributed by atoms with E-state index in [1.54, 1.807) is 24.4 Å². The molecular formula is C19H15FN2O2. The van der Waals surface area contributed by atoms with Gasteiger partial charge in [0, 0.05) is 29.8 Å². The number of nitrogens with one attached hydrogen (secondary N) is 1. The second-order valence-electron chi connectivity index (χ2n) is 5.85. The molecule has 3 N–H and O–H groups in total. The van der Waals surface area contributed by atoms with E-state index >= 15 is 0 Å². The van der Waals surface area contributed by atoms with Gasteiger partial charge in [0.25, 0.3) is 0 Å². The van der Waals surface area contributed by atoms with Crippen LogP contribution in [0.1, 0.15) is 17.0 Å². The van der Waals surface area contributed by atoms with Gasteiger partial charge in [-0.3, -0.25) is 0 Å². The molecule has 0 saturated carbocycles. The van der Waals surface area contributed by atoms with Gasteiger partial charge in [-0.05, 0) is 41.5 Å². The molecule has 0 radical (unpaired) electrons. The van der Waals surface area contributed by atoms with Crippen LogP contribution in [0.25, 0.3) is 11.1 Å². The van der Waals surface area contributed by atoms with Gasteiger partial charge in [-0.1, -0.05) is 18.2 Å². The Morgan fingerprint density at radius 3 is 2.54 bits per heavy atom. The summed E-state index contributed by atoms with van der Waals surface area (Å²) in [5.41, 5.74) is 3.67. The summed E-state index contributed by atoms with van der Waals surface area (Å²) >= 11 is 0. The summed E-state index contributed by atoms with van der Waals surface area (Å²) in [4.78, 5) is 4.46. The van der Waals surface area contributed by atoms with Gasteiger partial charge < -0.3 is 15.5 Å². The molecule has 2 heterocycles. The van der Waals surface area contributed by atoms with Gasteiger partial charge in [-0.15, -0.1) is 0 Å². The van der Waals surface area contributed by atoms with Gasteiger partial charge in [0.15, 0.2) is 11.6 Å². The van der Waals surface area contributed by atoms with Crippen molar-refractivity contribution in [3.05, 3.63) is 71.7 Å². The largest absolute Gasteiger partial charge is 0.508 e. The third-order valence-electron chi connectivity index (χ3n) is 4.34. The number of phenols is 2. The highest BCUT2D eigenvalue weighted by Gasteiger charge is 2.26. The van der Waals surface area contributed by atoms with Crippen molar-refractivity contribution in [2.24, 2.45) is 0 Å². The fourth-order valence-corrected chi connectivity index (χ4v) is 3.05. The summed E-state index contributed by atoms with van der Waals surface area (Å²) in [7, 11) is 0. The Morgan fingerprint density at radius 2 is 1.79 bits per heavy atom. The smallest absolute Gasteiger partial charge is 0.165 e. The molecule has 0 fully saturated rings. The Bertz CT molecular complexity index is 910. The monoisotopic (exact) mass is 322 g/mol. The molecule has 0 bridgehead atoms. The highest BCUT2D eigenvalue weighted by atomic mass is 19.1. The molecule has 5 heteroatoms. The number of aromatic nitrogens is 1. The number of aromatic hydroxyl groups is 2. The lowest BCUT2D eigenvalue weighted by Gasteiger charge is -2.12. The molecule has 4 nitrogen and oxygen atoms in total. The third kappa shape index (κ3) is 2.44. The molecule has 2 aromatic carbocycles. The maximum atomic E-state index is 13.7. The molecule has 1 aromatic heterocycles. The van der Waals surface area contributed by atoms with Crippen LogP contribution in [0.4, 0.5) is 10.2 Å². The number of hydrogen-bond acceptors (Lipinski definition) is 4. The quantitative estimate of drug-likeness (QED) is 0.670. The fourth-order valence-electron chi connectivity index (χ4n) is 3.05. The lowest BCUT2D eigenvalue weighted by Crippen LogP contribution is -2.04. The highest BCUT2D eigenvalue weighted by Crippen LogP contribution is 2.38. The van der Waals surface area contributed by atoms with Gasteiger partial charge in [-0.2, -0.15) is 0 Å². The molecule has 0 amide bonds. The number of halogens is 1. The van der Waals surface area contributed by atoms with Crippen molar-refractivity contribution >= 4 is 5.82 Å². The van der Waals surface area contributed by atoms with Crippen LogP contribution in [0, 0.1) is 5.82 Å². The molecule has 0 spiro atoms. The molecule has 4 rings (SSSR count). The van der Waals surface area contributed by atoms with Crippen molar-refractivity contribution < 1.29 is 14.6 Å². The molecule has 0 saturated heterocycles. The van der Waals surface area contributed by atoms with Crippen LogP contribution in [0.2, 0.25) is 0 Å². The Hall–Kier alpha value is -3.08. The lowest BCUT2D eigenvalue weighted by molar-refractivity contribution is 0.431. The number of anilines is 1. The molecule has 1 aliphatic rings. The van der Waals surface area contributed by atoms with Crippen LogP contribution in [-0.2, 0) is 0 Å². The lowest BCUT2D eigenvalue weighted by atomic mass is 9.92. The fraction of sp³-hybridized carbons (Fsp3) is 0.105. The van der Waals surface area contributed by atoms with Gasteiger partial charge in [0.05, 0.1) is 0 Å². The van der Waals surface area contributed by atoms with Crippen molar-refractivity contribution in [1.29, 1.82) is 0 Å². The molecule has 1 atom stereocenters. The molecule has 24 heavy (non-hydrogen) atoms. The number of fused-ring (bicyclic) bond motifs is 1. The average molecular weight is 322 g/mol. The van der Waals surface area contributed by atoms with Gasteiger partial charge >= 0.3 is 0 Å². The average Bonchev–Trinajstić information content (AvgIpc) is 3.01. The number of rotatable bonds is 2. The van der Waals surface area contributed by atoms with E-state index in [9.17, 15) is 14.6 Å². The van der Waals surface area contributed by atoms with E-state index in [0.717, 1.165) is 28.1 Å². The predicted molar refractivity (Wildman–Crippen MR) is 89.7 cm³/mol. The molecule has 0 aliphatic carbocycles. The summed E-state index contributed by atoms with van der Waals surface area (Å²) in [6.07, 6.45) is 1.78. The zero-order valence-electron chi connectivity index (χ0n) is 12.7. The van der Waals surface area contributed by atoms with Crippen LogP contribution >= 0.6 is 0 Å².